The Morgan fingerprint density at radius 2 is 1.91 bits per heavy atom. The number of anilines is 1. The minimum atomic E-state index is -3.40. The highest BCUT2D eigenvalue weighted by molar-refractivity contribution is 5.85. The Kier molecular flexibility index (Phi) is 8.47. The number of nitrogens with one attached hydrogen (secondary N) is 2. The number of nitriles is 1. The second kappa shape index (κ2) is 11.1. The highest BCUT2D eigenvalue weighted by Crippen LogP contribution is 2.25. The second-order valence-electron chi connectivity index (χ2n) is 6.48. The van der Waals surface area contributed by atoms with Crippen molar-refractivity contribution in [1.29, 1.82) is 5.26 Å². The smallest absolute Gasteiger partial charge is 0.306 e. The summed E-state index contributed by atoms with van der Waals surface area (Å²) < 4.78 is 43.0. The predicted molar refractivity (Wildman–Crippen MR) is 113 cm³/mol. The summed E-state index contributed by atoms with van der Waals surface area (Å²) >= 11 is 0. The Morgan fingerprint density at radius 3 is 2.58 bits per heavy atom. The van der Waals surface area contributed by atoms with Gasteiger partial charge in [0.25, 0.3) is 5.56 Å². The number of hydrogen-bond acceptors (Lipinski definition) is 7. The van der Waals surface area contributed by atoms with E-state index in [9.17, 15) is 28.0 Å². The third kappa shape index (κ3) is 6.27. The zero-order chi connectivity index (χ0) is 23.1. The molecule has 0 atom stereocenters. The largest absolute Gasteiger partial charge is 0.359 e. The molecule has 3 aromatic rings. The molecule has 9 nitrogen and oxygen atoms in total. The molecule has 0 unspecified atom stereocenters. The predicted octanol–water partition coefficient (Wildman–Crippen LogP) is 1.99. The van der Waals surface area contributed by atoms with Gasteiger partial charge in [0.15, 0.2) is 5.82 Å². The normalized spacial score (nSPS) is 10.6. The van der Waals surface area contributed by atoms with E-state index in [2.05, 4.69) is 25.6 Å². The van der Waals surface area contributed by atoms with Gasteiger partial charge in [-0.2, -0.15) is 14.0 Å². The van der Waals surface area contributed by atoms with E-state index >= 15 is 0 Å². The topological polar surface area (TPSA) is 126 Å². The molecule has 0 aliphatic heterocycles. The Labute approximate surface area is 191 Å². The van der Waals surface area contributed by atoms with Gasteiger partial charge >= 0.3 is 5.92 Å². The molecule has 33 heavy (non-hydrogen) atoms. The standard InChI is InChI=1S/C20H16F3N7O2.ClH/c21-14-4-3-7-25-15(14)10-27-17(31)11-30-13(8-24)9-28-18(19(30)32)29-12-20(22,23)16-5-1-2-6-26-16;/h1-7,9H,10-12H2,(H,27,31)(H,28,29);1H. The second-order valence-corrected chi connectivity index (χ2v) is 6.48. The number of carbonyl (C=O) groups is 1. The van der Waals surface area contributed by atoms with Gasteiger partial charge in [-0.3, -0.25) is 24.1 Å². The van der Waals surface area contributed by atoms with Crippen LogP contribution in [0.5, 0.6) is 0 Å². The maximum Gasteiger partial charge on any atom is 0.306 e. The van der Waals surface area contributed by atoms with Gasteiger partial charge in [-0.1, -0.05) is 6.07 Å². The molecule has 0 aliphatic carbocycles. The third-order valence-corrected chi connectivity index (χ3v) is 4.28. The third-order valence-electron chi connectivity index (χ3n) is 4.28. The molecule has 0 aromatic carbocycles. The lowest BCUT2D eigenvalue weighted by Crippen LogP contribution is -2.36. The fourth-order valence-electron chi connectivity index (χ4n) is 2.65. The Balaban J connectivity index is 0.00000385. The van der Waals surface area contributed by atoms with Gasteiger partial charge < -0.3 is 10.6 Å². The molecule has 13 heteroatoms. The summed E-state index contributed by atoms with van der Waals surface area (Å²) in [6.45, 7) is -1.83. The van der Waals surface area contributed by atoms with Crippen LogP contribution in [0.3, 0.4) is 0 Å². The molecule has 0 bridgehead atoms. The van der Waals surface area contributed by atoms with Crippen molar-refractivity contribution < 1.29 is 18.0 Å². The van der Waals surface area contributed by atoms with Crippen molar-refractivity contribution in [3.8, 4) is 6.07 Å². The van der Waals surface area contributed by atoms with Crippen LogP contribution in [0.2, 0.25) is 0 Å². The number of carbonyl (C=O) groups excluding carboxylic acids is 1. The Bertz CT molecular complexity index is 1220. The van der Waals surface area contributed by atoms with E-state index in [-0.39, 0.29) is 30.3 Å². The van der Waals surface area contributed by atoms with Gasteiger partial charge in [-0.25, -0.2) is 9.37 Å². The summed E-state index contributed by atoms with van der Waals surface area (Å²) in [7, 11) is 0. The summed E-state index contributed by atoms with van der Waals surface area (Å²) in [5.41, 5.74) is -1.71. The Hall–Kier alpha value is -3.98. The molecule has 3 aromatic heterocycles. The summed E-state index contributed by atoms with van der Waals surface area (Å²) in [5.74, 6) is -5.21. The van der Waals surface area contributed by atoms with E-state index < -0.39 is 47.8 Å². The fourth-order valence-corrected chi connectivity index (χ4v) is 2.65. The molecule has 172 valence electrons. The van der Waals surface area contributed by atoms with Crippen LogP contribution >= 0.6 is 12.4 Å². The number of hydrogen-bond donors (Lipinski definition) is 2. The van der Waals surface area contributed by atoms with E-state index in [1.165, 1.54) is 36.7 Å². The van der Waals surface area contributed by atoms with Crippen LogP contribution in [0.15, 0.2) is 53.7 Å². The molecular weight excluding hydrogens is 463 g/mol. The number of rotatable bonds is 8. The summed E-state index contributed by atoms with van der Waals surface area (Å²) in [6, 6.07) is 8.31. The van der Waals surface area contributed by atoms with Crippen molar-refractivity contribution in [1.82, 2.24) is 24.8 Å². The number of halogens is 4. The van der Waals surface area contributed by atoms with Crippen molar-refractivity contribution >= 4 is 24.1 Å². The van der Waals surface area contributed by atoms with Crippen LogP contribution in [0.4, 0.5) is 19.0 Å². The molecule has 0 radical (unpaired) electrons. The highest BCUT2D eigenvalue weighted by atomic mass is 35.5. The van der Waals surface area contributed by atoms with E-state index in [4.69, 9.17) is 0 Å². The molecule has 0 fully saturated rings. The summed E-state index contributed by atoms with van der Waals surface area (Å²) in [4.78, 5) is 36.0. The molecular formula is C20H17ClF3N7O2. The minimum absolute atomic E-state index is 0. The average Bonchev–Trinajstić information content (AvgIpc) is 2.79. The summed E-state index contributed by atoms with van der Waals surface area (Å²) in [5, 5.41) is 13.8. The maximum absolute atomic E-state index is 14.3. The van der Waals surface area contributed by atoms with Crippen LogP contribution in [0.1, 0.15) is 17.1 Å². The lowest BCUT2D eigenvalue weighted by molar-refractivity contribution is -0.121. The lowest BCUT2D eigenvalue weighted by Gasteiger charge is -2.17. The van der Waals surface area contributed by atoms with Gasteiger partial charge in [0.05, 0.1) is 25.0 Å². The van der Waals surface area contributed by atoms with Crippen LogP contribution in [-0.4, -0.2) is 32.0 Å². The van der Waals surface area contributed by atoms with Crippen molar-refractivity contribution in [3.63, 3.8) is 0 Å². The van der Waals surface area contributed by atoms with Crippen LogP contribution < -0.4 is 16.2 Å². The first kappa shape index (κ1) is 25.3. The molecule has 3 heterocycles. The number of alkyl halides is 2. The first-order valence-electron chi connectivity index (χ1n) is 9.21. The summed E-state index contributed by atoms with van der Waals surface area (Å²) in [6.07, 6.45) is 3.55. The zero-order valence-corrected chi connectivity index (χ0v) is 17.7. The zero-order valence-electron chi connectivity index (χ0n) is 16.8. The molecule has 0 saturated carbocycles. The van der Waals surface area contributed by atoms with E-state index in [1.54, 1.807) is 6.07 Å². The van der Waals surface area contributed by atoms with Crippen molar-refractivity contribution in [2.24, 2.45) is 0 Å². The first-order chi connectivity index (χ1) is 15.3. The van der Waals surface area contributed by atoms with Crippen molar-refractivity contribution in [2.75, 3.05) is 11.9 Å². The Morgan fingerprint density at radius 1 is 1.15 bits per heavy atom. The van der Waals surface area contributed by atoms with Crippen molar-refractivity contribution in [3.05, 3.63) is 82.2 Å². The maximum atomic E-state index is 14.3. The number of pyridine rings is 2. The number of amides is 1. The molecule has 1 amide bonds. The number of nitrogens with zero attached hydrogens (tertiary/aromatic N) is 5. The fraction of sp³-hybridized carbons (Fsp3) is 0.200. The van der Waals surface area contributed by atoms with Gasteiger partial charge in [-0.05, 0) is 24.3 Å². The van der Waals surface area contributed by atoms with Crippen molar-refractivity contribution in [2.45, 2.75) is 19.0 Å². The van der Waals surface area contributed by atoms with Crippen LogP contribution in [-0.2, 0) is 23.8 Å². The minimum Gasteiger partial charge on any atom is -0.359 e. The van der Waals surface area contributed by atoms with Crippen LogP contribution in [0, 0.1) is 17.1 Å². The van der Waals surface area contributed by atoms with Gasteiger partial charge in [-0.15, -0.1) is 12.4 Å². The monoisotopic (exact) mass is 479 g/mol. The highest BCUT2D eigenvalue weighted by Gasteiger charge is 2.33. The van der Waals surface area contributed by atoms with Crippen LogP contribution in [0.25, 0.3) is 0 Å². The molecule has 2 N–H and O–H groups in total. The molecule has 0 aliphatic rings. The molecule has 3 rings (SSSR count). The van der Waals surface area contributed by atoms with E-state index in [1.807, 2.05) is 0 Å². The number of aromatic nitrogens is 4. The van der Waals surface area contributed by atoms with E-state index in [0.717, 1.165) is 16.8 Å². The van der Waals surface area contributed by atoms with Gasteiger partial charge in [0, 0.05) is 12.4 Å². The molecule has 0 spiro atoms. The quantitative estimate of drug-likeness (QED) is 0.506. The molecule has 0 saturated heterocycles. The van der Waals surface area contributed by atoms with Gasteiger partial charge in [0.1, 0.15) is 29.8 Å². The van der Waals surface area contributed by atoms with Gasteiger partial charge in [0.2, 0.25) is 5.91 Å². The SMILES string of the molecule is Cl.N#Cc1cnc(NCC(F)(F)c2ccccn2)c(=O)n1CC(=O)NCc1ncccc1F. The lowest BCUT2D eigenvalue weighted by atomic mass is 10.2. The average molecular weight is 480 g/mol. The first-order valence-corrected chi connectivity index (χ1v) is 9.21. The van der Waals surface area contributed by atoms with E-state index in [0.29, 0.717) is 0 Å².